The number of benzene rings is 1. The molecule has 0 N–H and O–H groups in total. The summed E-state index contributed by atoms with van der Waals surface area (Å²) in [7, 11) is -1.65. The first-order chi connectivity index (χ1) is 9.87. The van der Waals surface area contributed by atoms with E-state index in [4.69, 9.17) is 4.18 Å². The monoisotopic (exact) mass is 307 g/mol. The largest absolute Gasteiger partial charge is 0.297 e. The minimum atomic E-state index is -3.70. The van der Waals surface area contributed by atoms with Crippen LogP contribution in [0.5, 0.6) is 0 Å². The molecule has 2 saturated heterocycles. The van der Waals surface area contributed by atoms with E-state index in [2.05, 4.69) is 11.5 Å². The molecule has 3 rings (SSSR count). The normalized spacial score (nSPS) is 29.8. The maximum absolute atomic E-state index is 12.4. The Bertz CT molecular complexity index is 651. The molecule has 2 aliphatic heterocycles. The second-order valence-corrected chi connectivity index (χ2v) is 7.75. The Labute approximate surface area is 126 Å². The molecule has 3 atom stereocenters. The summed E-state index contributed by atoms with van der Waals surface area (Å²) in [6, 6.07) is 7.27. The van der Waals surface area contributed by atoms with Gasteiger partial charge in [0.25, 0.3) is 10.1 Å². The fraction of sp³-hybridized carbons (Fsp3) is 0.500. The minimum absolute atomic E-state index is 0.122. The van der Waals surface area contributed by atoms with Crippen LogP contribution in [0.1, 0.15) is 24.8 Å². The highest BCUT2D eigenvalue weighted by atomic mass is 32.2. The molecule has 4 nitrogen and oxygen atoms in total. The number of aryl methyl sites for hydroxylation is 1. The molecule has 1 aromatic carbocycles. The summed E-state index contributed by atoms with van der Waals surface area (Å²) in [6.07, 6.45) is 2.25. The van der Waals surface area contributed by atoms with E-state index >= 15 is 0 Å². The van der Waals surface area contributed by atoms with Gasteiger partial charge in [0, 0.05) is 12.1 Å². The summed E-state index contributed by atoms with van der Waals surface area (Å²) in [4.78, 5) is 2.47. The number of piperidine rings is 1. The van der Waals surface area contributed by atoms with Crippen molar-refractivity contribution >= 4 is 10.1 Å². The van der Waals surface area contributed by atoms with Crippen LogP contribution >= 0.6 is 0 Å². The molecule has 0 aliphatic carbocycles. The Morgan fingerprint density at radius 1 is 1.24 bits per heavy atom. The lowest BCUT2D eigenvalue weighted by Crippen LogP contribution is -2.40. The van der Waals surface area contributed by atoms with Gasteiger partial charge in [-0.3, -0.25) is 9.08 Å². The van der Waals surface area contributed by atoms with Crippen LogP contribution in [0, 0.1) is 6.92 Å². The molecule has 2 bridgehead atoms. The van der Waals surface area contributed by atoms with Gasteiger partial charge in [-0.2, -0.15) is 8.42 Å². The Balaban J connectivity index is 1.80. The molecule has 2 fully saturated rings. The zero-order valence-electron chi connectivity index (χ0n) is 12.5. The molecular weight excluding hydrogens is 286 g/mol. The third-order valence-corrected chi connectivity index (χ3v) is 5.96. The number of hydrogen-bond acceptors (Lipinski definition) is 4. The van der Waals surface area contributed by atoms with Crippen LogP contribution in [0.15, 0.2) is 41.3 Å². The minimum Gasteiger partial charge on any atom is -0.297 e. The summed E-state index contributed by atoms with van der Waals surface area (Å²) >= 11 is 0. The molecule has 0 unspecified atom stereocenters. The summed E-state index contributed by atoms with van der Waals surface area (Å²) in [6.45, 7) is 5.99. The van der Waals surface area contributed by atoms with Crippen LogP contribution in [-0.2, 0) is 14.3 Å². The van der Waals surface area contributed by atoms with Crippen molar-refractivity contribution in [3.05, 3.63) is 42.0 Å². The zero-order chi connectivity index (χ0) is 15.2. The van der Waals surface area contributed by atoms with E-state index in [1.807, 2.05) is 14.0 Å². The highest BCUT2D eigenvalue weighted by Crippen LogP contribution is 2.39. The number of nitrogens with zero attached hydrogens (tertiary/aromatic N) is 1. The van der Waals surface area contributed by atoms with Gasteiger partial charge in [0.05, 0.1) is 11.0 Å². The lowest BCUT2D eigenvalue weighted by molar-refractivity contribution is 0.138. The average Bonchev–Trinajstić information content (AvgIpc) is 2.59. The predicted molar refractivity (Wildman–Crippen MR) is 81.6 cm³/mol. The van der Waals surface area contributed by atoms with Crippen molar-refractivity contribution in [1.29, 1.82) is 0 Å². The number of fused-ring (bicyclic) bond motifs is 2. The average molecular weight is 307 g/mol. The molecule has 114 valence electrons. The second kappa shape index (κ2) is 5.23. The van der Waals surface area contributed by atoms with Crippen LogP contribution < -0.4 is 0 Å². The van der Waals surface area contributed by atoms with E-state index in [9.17, 15) is 8.42 Å². The quantitative estimate of drug-likeness (QED) is 0.636. The number of rotatable bonds is 3. The van der Waals surface area contributed by atoms with Crippen LogP contribution in [0.25, 0.3) is 0 Å². The van der Waals surface area contributed by atoms with Gasteiger partial charge in [-0.15, -0.1) is 0 Å². The fourth-order valence-electron chi connectivity index (χ4n) is 3.37. The van der Waals surface area contributed by atoms with E-state index in [-0.39, 0.29) is 17.0 Å². The van der Waals surface area contributed by atoms with Crippen LogP contribution in [0.4, 0.5) is 0 Å². The summed E-state index contributed by atoms with van der Waals surface area (Å²) < 4.78 is 30.4. The molecule has 0 saturated carbocycles. The molecule has 0 aromatic heterocycles. The summed E-state index contributed by atoms with van der Waals surface area (Å²) in [5, 5.41) is 0. The third kappa shape index (κ3) is 2.78. The van der Waals surface area contributed by atoms with Crippen molar-refractivity contribution in [3.63, 3.8) is 0 Å². The van der Waals surface area contributed by atoms with Gasteiger partial charge in [0.1, 0.15) is 0 Å². The maximum atomic E-state index is 12.4. The Hall–Kier alpha value is -1.17. The van der Waals surface area contributed by atoms with Crippen molar-refractivity contribution in [2.75, 3.05) is 7.05 Å². The smallest absolute Gasteiger partial charge is 0.297 e. The van der Waals surface area contributed by atoms with Gasteiger partial charge in [0.2, 0.25) is 0 Å². The standard InChI is InChI=1S/C16H21NO3S/c1-11-4-6-14(7-5-11)21(18,19)20-16-10-13-8-12(2)9-15(16)17(13)3/h4-7,13,15-16H,2,8-10H2,1,3H3/t13-,15+,16-/m1/s1. The van der Waals surface area contributed by atoms with E-state index in [1.54, 1.807) is 24.3 Å². The van der Waals surface area contributed by atoms with Crippen LogP contribution in [0.3, 0.4) is 0 Å². The van der Waals surface area contributed by atoms with E-state index in [0.717, 1.165) is 24.8 Å². The van der Waals surface area contributed by atoms with Crippen molar-refractivity contribution < 1.29 is 12.6 Å². The lowest BCUT2D eigenvalue weighted by atomic mass is 9.99. The van der Waals surface area contributed by atoms with Crippen molar-refractivity contribution in [2.24, 2.45) is 0 Å². The number of hydrogen-bond donors (Lipinski definition) is 0. The first kappa shape index (κ1) is 14.8. The van der Waals surface area contributed by atoms with Crippen molar-refractivity contribution in [1.82, 2.24) is 4.90 Å². The van der Waals surface area contributed by atoms with Gasteiger partial charge in [-0.25, -0.2) is 0 Å². The van der Waals surface area contributed by atoms with Crippen molar-refractivity contribution in [2.45, 2.75) is 49.3 Å². The van der Waals surface area contributed by atoms with Crippen LogP contribution in [0.2, 0.25) is 0 Å². The molecule has 21 heavy (non-hydrogen) atoms. The highest BCUT2D eigenvalue weighted by Gasteiger charge is 2.45. The molecule has 5 heteroatoms. The Kier molecular flexibility index (Phi) is 3.67. The molecular formula is C16H21NO3S. The maximum Gasteiger partial charge on any atom is 0.297 e. The third-order valence-electron chi connectivity index (χ3n) is 4.61. The van der Waals surface area contributed by atoms with Gasteiger partial charge in [0.15, 0.2) is 0 Å². The molecule has 0 spiro atoms. The van der Waals surface area contributed by atoms with E-state index < -0.39 is 10.1 Å². The molecule has 2 heterocycles. The second-order valence-electron chi connectivity index (χ2n) is 6.18. The Morgan fingerprint density at radius 2 is 1.90 bits per heavy atom. The summed E-state index contributed by atoms with van der Waals surface area (Å²) in [5.41, 5.74) is 2.23. The lowest BCUT2D eigenvalue weighted by Gasteiger charge is -2.33. The topological polar surface area (TPSA) is 46.6 Å². The molecule has 2 aliphatic rings. The van der Waals surface area contributed by atoms with Gasteiger partial charge in [-0.05, 0) is 45.4 Å². The molecule has 1 aromatic rings. The fourth-order valence-corrected chi connectivity index (χ4v) is 4.48. The summed E-state index contributed by atoms with van der Waals surface area (Å²) in [5.74, 6) is 0. The highest BCUT2D eigenvalue weighted by molar-refractivity contribution is 7.86. The molecule has 0 radical (unpaired) electrons. The molecule has 0 amide bonds. The van der Waals surface area contributed by atoms with Gasteiger partial charge in [-0.1, -0.05) is 29.8 Å². The first-order valence-corrected chi connectivity index (χ1v) is 8.66. The Morgan fingerprint density at radius 3 is 2.57 bits per heavy atom. The van der Waals surface area contributed by atoms with Gasteiger partial charge < -0.3 is 0 Å². The first-order valence-electron chi connectivity index (χ1n) is 7.25. The van der Waals surface area contributed by atoms with E-state index in [0.29, 0.717) is 6.04 Å². The number of likely N-dealkylation sites (N-methyl/N-ethyl adjacent to an activating group) is 1. The van der Waals surface area contributed by atoms with Crippen molar-refractivity contribution in [3.8, 4) is 0 Å². The predicted octanol–water partition coefficient (Wildman–Crippen LogP) is 2.49. The zero-order valence-corrected chi connectivity index (χ0v) is 13.3. The van der Waals surface area contributed by atoms with Gasteiger partial charge >= 0.3 is 0 Å². The van der Waals surface area contributed by atoms with E-state index in [1.165, 1.54) is 5.57 Å². The SMILES string of the molecule is C=C1C[C@@H]2C[C@@H](OS(=O)(=O)c3ccc(C)cc3)[C@H](C1)N2C. The van der Waals surface area contributed by atoms with Crippen LogP contribution in [-0.4, -0.2) is 38.6 Å².